The molecular weight excluding hydrogens is 431 g/mol. The maximum absolute atomic E-state index is 13.0. The first-order valence-corrected chi connectivity index (χ1v) is 10.2. The first kappa shape index (κ1) is 19.6. The van der Waals surface area contributed by atoms with Crippen molar-refractivity contribution in [2.45, 2.75) is 30.9 Å². The molecule has 0 unspecified atom stereocenters. The minimum Gasteiger partial charge on any atom is -0.345 e. The van der Waals surface area contributed by atoms with Crippen LogP contribution in [0.5, 0.6) is 0 Å². The van der Waals surface area contributed by atoms with Crippen molar-refractivity contribution >= 4 is 33.6 Å². The summed E-state index contributed by atoms with van der Waals surface area (Å²) in [6, 6.07) is 13.6. The van der Waals surface area contributed by atoms with Crippen LogP contribution in [0.1, 0.15) is 28.7 Å². The van der Waals surface area contributed by atoms with E-state index in [1.165, 1.54) is 29.8 Å². The number of aromatic nitrogens is 3. The zero-order valence-corrected chi connectivity index (χ0v) is 17.1. The second-order valence-corrected chi connectivity index (χ2v) is 7.61. The van der Waals surface area contributed by atoms with E-state index in [2.05, 4.69) is 43.6 Å². The molecule has 3 rings (SSSR count). The number of amides is 1. The van der Waals surface area contributed by atoms with Crippen LogP contribution in [0.4, 0.5) is 4.39 Å². The minimum atomic E-state index is -0.371. The van der Waals surface area contributed by atoms with Crippen LogP contribution in [0.3, 0.4) is 0 Å². The number of nitrogens with zero attached hydrogens (tertiary/aromatic N) is 3. The van der Waals surface area contributed by atoms with Crippen molar-refractivity contribution in [1.29, 1.82) is 0 Å². The van der Waals surface area contributed by atoms with Crippen molar-refractivity contribution in [2.75, 3.05) is 0 Å². The molecule has 0 fully saturated rings. The van der Waals surface area contributed by atoms with Crippen LogP contribution < -0.4 is 5.32 Å². The predicted octanol–water partition coefficient (Wildman–Crippen LogP) is 4.42. The third-order valence-electron chi connectivity index (χ3n) is 3.90. The van der Waals surface area contributed by atoms with E-state index in [4.69, 9.17) is 0 Å². The zero-order valence-electron chi connectivity index (χ0n) is 14.7. The normalized spacial score (nSPS) is 10.8. The van der Waals surface area contributed by atoms with Gasteiger partial charge in [0, 0.05) is 22.3 Å². The van der Waals surface area contributed by atoms with Gasteiger partial charge in [-0.3, -0.25) is 4.79 Å². The maximum atomic E-state index is 13.0. The van der Waals surface area contributed by atoms with Crippen LogP contribution in [0, 0.1) is 5.82 Å². The van der Waals surface area contributed by atoms with Gasteiger partial charge < -0.3 is 9.88 Å². The molecule has 1 heterocycles. The van der Waals surface area contributed by atoms with Crippen LogP contribution in [0.25, 0.3) is 0 Å². The number of benzene rings is 2. The van der Waals surface area contributed by atoms with Crippen molar-refractivity contribution in [3.05, 3.63) is 75.8 Å². The Morgan fingerprint density at radius 3 is 2.52 bits per heavy atom. The molecule has 1 amide bonds. The van der Waals surface area contributed by atoms with Crippen molar-refractivity contribution in [1.82, 2.24) is 20.1 Å². The fourth-order valence-electron chi connectivity index (χ4n) is 2.47. The summed E-state index contributed by atoms with van der Waals surface area (Å²) in [5, 5.41) is 12.1. The molecule has 0 spiro atoms. The second kappa shape index (κ2) is 9.14. The van der Waals surface area contributed by atoms with Crippen LogP contribution >= 0.6 is 27.7 Å². The quantitative estimate of drug-likeness (QED) is 0.543. The molecule has 2 aromatic carbocycles. The number of hydrogen-bond donors (Lipinski definition) is 1. The summed E-state index contributed by atoms with van der Waals surface area (Å²) >= 11 is 5.03. The summed E-state index contributed by atoms with van der Waals surface area (Å²) in [6.45, 7) is 2.98. The van der Waals surface area contributed by atoms with Crippen LogP contribution in [0.2, 0.25) is 0 Å². The Morgan fingerprint density at radius 2 is 1.85 bits per heavy atom. The number of carbonyl (C=O) groups is 1. The van der Waals surface area contributed by atoms with Crippen molar-refractivity contribution < 1.29 is 9.18 Å². The Hall–Kier alpha value is -2.19. The minimum absolute atomic E-state index is 0.260. The molecule has 0 aliphatic carbocycles. The van der Waals surface area contributed by atoms with Gasteiger partial charge in [0.25, 0.3) is 5.91 Å². The van der Waals surface area contributed by atoms with E-state index in [0.717, 1.165) is 15.4 Å². The molecule has 0 radical (unpaired) electrons. The van der Waals surface area contributed by atoms with E-state index in [1.54, 1.807) is 11.8 Å². The molecule has 0 aliphatic rings. The topological polar surface area (TPSA) is 59.8 Å². The molecule has 8 heteroatoms. The molecule has 0 saturated carbocycles. The molecule has 1 N–H and O–H groups in total. The molecular formula is C19H18BrFN4OS. The van der Waals surface area contributed by atoms with Gasteiger partial charge in [-0.25, -0.2) is 4.39 Å². The van der Waals surface area contributed by atoms with Gasteiger partial charge in [-0.1, -0.05) is 39.8 Å². The Kier molecular flexibility index (Phi) is 6.63. The fraction of sp³-hybridized carbons (Fsp3) is 0.211. The lowest BCUT2D eigenvalue weighted by Gasteiger charge is -2.08. The predicted molar refractivity (Wildman–Crippen MR) is 107 cm³/mol. The number of hydrogen-bond acceptors (Lipinski definition) is 4. The molecule has 1 aromatic heterocycles. The van der Waals surface area contributed by atoms with Gasteiger partial charge in [-0.2, -0.15) is 0 Å². The largest absolute Gasteiger partial charge is 0.345 e. The summed E-state index contributed by atoms with van der Waals surface area (Å²) < 4.78 is 16.0. The van der Waals surface area contributed by atoms with Crippen molar-refractivity contribution in [2.24, 2.45) is 0 Å². The van der Waals surface area contributed by atoms with Crippen LogP contribution in [-0.4, -0.2) is 20.7 Å². The number of halogens is 2. The Labute approximate surface area is 169 Å². The van der Waals surface area contributed by atoms with Gasteiger partial charge in [0.1, 0.15) is 5.82 Å². The monoisotopic (exact) mass is 448 g/mol. The Bertz CT molecular complexity index is 912. The Morgan fingerprint density at radius 1 is 1.15 bits per heavy atom. The molecule has 0 saturated heterocycles. The molecule has 27 heavy (non-hydrogen) atoms. The molecule has 0 bridgehead atoms. The van der Waals surface area contributed by atoms with Gasteiger partial charge in [0.05, 0.1) is 6.54 Å². The summed E-state index contributed by atoms with van der Waals surface area (Å²) in [5.74, 6) is 0.827. The summed E-state index contributed by atoms with van der Waals surface area (Å²) in [4.78, 5) is 12.2. The molecule has 140 valence electrons. The highest BCUT2D eigenvalue weighted by Crippen LogP contribution is 2.23. The molecule has 0 atom stereocenters. The molecule has 0 aliphatic heterocycles. The number of carbonyl (C=O) groups excluding carboxylic acids is 1. The highest BCUT2D eigenvalue weighted by atomic mass is 79.9. The average Bonchev–Trinajstić information content (AvgIpc) is 3.08. The van der Waals surface area contributed by atoms with E-state index in [1.807, 2.05) is 23.6 Å². The highest BCUT2D eigenvalue weighted by Gasteiger charge is 2.13. The smallest absolute Gasteiger partial charge is 0.251 e. The van der Waals surface area contributed by atoms with Gasteiger partial charge in [-0.05, 0) is 48.9 Å². The number of thioether (sulfide) groups is 1. The lowest BCUT2D eigenvalue weighted by atomic mass is 10.2. The summed E-state index contributed by atoms with van der Waals surface area (Å²) in [5.41, 5.74) is 1.60. The van der Waals surface area contributed by atoms with Gasteiger partial charge in [0.15, 0.2) is 11.0 Å². The first-order chi connectivity index (χ1) is 13.1. The van der Waals surface area contributed by atoms with Crippen LogP contribution in [-0.2, 0) is 18.8 Å². The van der Waals surface area contributed by atoms with Gasteiger partial charge in [-0.15, -0.1) is 10.2 Å². The van der Waals surface area contributed by atoms with E-state index in [-0.39, 0.29) is 18.3 Å². The van der Waals surface area contributed by atoms with E-state index in [0.29, 0.717) is 17.9 Å². The van der Waals surface area contributed by atoms with E-state index < -0.39 is 0 Å². The second-order valence-electron chi connectivity index (χ2n) is 5.75. The third-order valence-corrected chi connectivity index (χ3v) is 5.47. The maximum Gasteiger partial charge on any atom is 0.251 e. The van der Waals surface area contributed by atoms with E-state index >= 15 is 0 Å². The standard InChI is InChI=1S/C19H18BrFN4OS/c1-2-25-17(11-22-18(26)14-5-9-16(21)10-6-14)23-24-19(25)27-12-13-3-7-15(20)8-4-13/h3-10H,2,11-12H2,1H3,(H,22,26). The van der Waals surface area contributed by atoms with Crippen molar-refractivity contribution in [3.63, 3.8) is 0 Å². The number of rotatable bonds is 7. The third kappa shape index (κ3) is 5.17. The molecule has 5 nitrogen and oxygen atoms in total. The van der Waals surface area contributed by atoms with Crippen molar-refractivity contribution in [3.8, 4) is 0 Å². The fourth-order valence-corrected chi connectivity index (χ4v) is 3.71. The SMILES string of the molecule is CCn1c(CNC(=O)c2ccc(F)cc2)nnc1SCc1ccc(Br)cc1. The van der Waals surface area contributed by atoms with Gasteiger partial charge >= 0.3 is 0 Å². The summed E-state index contributed by atoms with van der Waals surface area (Å²) in [7, 11) is 0. The lowest BCUT2D eigenvalue weighted by molar-refractivity contribution is 0.0949. The van der Waals surface area contributed by atoms with Crippen LogP contribution in [0.15, 0.2) is 58.2 Å². The molecule has 3 aromatic rings. The highest BCUT2D eigenvalue weighted by molar-refractivity contribution is 9.10. The van der Waals surface area contributed by atoms with E-state index in [9.17, 15) is 9.18 Å². The Balaban J connectivity index is 1.62. The first-order valence-electron chi connectivity index (χ1n) is 8.40. The number of nitrogens with one attached hydrogen (secondary N) is 1. The zero-order chi connectivity index (χ0) is 19.2. The lowest BCUT2D eigenvalue weighted by Crippen LogP contribution is -2.24. The average molecular weight is 449 g/mol. The summed E-state index contributed by atoms with van der Waals surface area (Å²) in [6.07, 6.45) is 0. The van der Waals surface area contributed by atoms with Gasteiger partial charge in [0.2, 0.25) is 0 Å².